The fourth-order valence-corrected chi connectivity index (χ4v) is 11.2. The molecule has 9 heteroatoms. The molecule has 42 heavy (non-hydrogen) atoms. The molecule has 2 aliphatic heterocycles. The number of rotatable bonds is 7. The first-order valence-corrected chi connectivity index (χ1v) is 16.8. The molecule has 0 aromatic carbocycles. The molecule has 2 heterocycles. The van der Waals surface area contributed by atoms with Crippen molar-refractivity contribution in [2.45, 2.75) is 141 Å². The van der Waals surface area contributed by atoms with Gasteiger partial charge in [-0.15, -0.1) is 0 Å². The van der Waals surface area contributed by atoms with Gasteiger partial charge in [0.05, 0.1) is 25.4 Å². The highest BCUT2D eigenvalue weighted by atomic mass is 16.7. The van der Waals surface area contributed by atoms with Gasteiger partial charge in [-0.3, -0.25) is 0 Å². The molecule has 0 aromatic rings. The SMILES string of the molecule is CC(CCC1(O)O[C@H]2C[C@H]3[C@@H]4CCC5CC(O)CC[C@]5(C)[C@H]4CC[C@]3(C)[C@H]2[C@@H]1C)CO[C@@H]1O[C@H](CO)[C@@H](O)[C@H](O)[C@H]1O. The van der Waals surface area contributed by atoms with E-state index in [4.69, 9.17) is 14.2 Å². The van der Waals surface area contributed by atoms with Crippen molar-refractivity contribution < 1.29 is 44.8 Å². The van der Waals surface area contributed by atoms with E-state index in [1.165, 1.54) is 25.7 Å². The number of aliphatic hydroxyl groups excluding tert-OH is 5. The standard InChI is InChI=1S/C33H56O9/c1-17(16-40-30-29(38)28(37)27(36)25(15-34)41-30)7-12-33(39)18(2)26-24(42-33)14-23-21-6-5-19-13-20(35)8-10-31(19,3)22(21)9-11-32(23,26)4/h17-30,34-39H,5-16H2,1-4H3/t17?,18-,19?,20?,21+,22-,23-,24-,25+,26-,27+,28-,29+,30+,31-,32-,33?/m0/s1. The molecule has 9 nitrogen and oxygen atoms in total. The summed E-state index contributed by atoms with van der Waals surface area (Å²) in [6.45, 7) is 8.95. The Morgan fingerprint density at radius 1 is 0.905 bits per heavy atom. The Hall–Kier alpha value is -0.360. The van der Waals surface area contributed by atoms with E-state index in [1.807, 2.05) is 6.92 Å². The molecule has 0 amide bonds. The Kier molecular flexibility index (Phi) is 8.63. The van der Waals surface area contributed by atoms with Crippen molar-refractivity contribution >= 4 is 0 Å². The van der Waals surface area contributed by atoms with Gasteiger partial charge in [-0.25, -0.2) is 0 Å². The average molecular weight is 597 g/mol. The smallest absolute Gasteiger partial charge is 0.186 e. The summed E-state index contributed by atoms with van der Waals surface area (Å²) in [6, 6.07) is 0. The Balaban J connectivity index is 1.05. The molecule has 6 fully saturated rings. The molecule has 0 radical (unpaired) electrons. The maximum Gasteiger partial charge on any atom is 0.186 e. The summed E-state index contributed by atoms with van der Waals surface area (Å²) in [5.41, 5.74) is 0.521. The minimum Gasteiger partial charge on any atom is -0.394 e. The third-order valence-electron chi connectivity index (χ3n) is 13.7. The molecule has 6 aliphatic rings. The van der Waals surface area contributed by atoms with E-state index >= 15 is 0 Å². The van der Waals surface area contributed by atoms with Gasteiger partial charge in [0.25, 0.3) is 0 Å². The molecule has 4 aliphatic carbocycles. The number of aliphatic hydroxyl groups is 6. The lowest BCUT2D eigenvalue weighted by Crippen LogP contribution is -2.59. The predicted molar refractivity (Wildman–Crippen MR) is 154 cm³/mol. The molecule has 6 rings (SSSR count). The molecule has 17 atom stereocenters. The molecule has 6 N–H and O–H groups in total. The zero-order valence-corrected chi connectivity index (χ0v) is 26.0. The quantitative estimate of drug-likeness (QED) is 0.261. The summed E-state index contributed by atoms with van der Waals surface area (Å²) in [4.78, 5) is 0. The van der Waals surface area contributed by atoms with Crippen LogP contribution in [0.25, 0.3) is 0 Å². The number of fused-ring (bicyclic) bond motifs is 7. The van der Waals surface area contributed by atoms with Crippen molar-refractivity contribution in [3.05, 3.63) is 0 Å². The van der Waals surface area contributed by atoms with Crippen LogP contribution in [0, 0.1) is 52.3 Å². The maximum atomic E-state index is 11.8. The number of hydrogen-bond acceptors (Lipinski definition) is 9. The first-order chi connectivity index (χ1) is 19.8. The first kappa shape index (κ1) is 31.6. The van der Waals surface area contributed by atoms with Gasteiger partial charge < -0.3 is 44.8 Å². The fraction of sp³-hybridized carbons (Fsp3) is 1.00. The lowest BCUT2D eigenvalue weighted by Gasteiger charge is -2.61. The predicted octanol–water partition coefficient (Wildman–Crippen LogP) is 2.57. The first-order valence-electron chi connectivity index (χ1n) is 16.8. The molecule has 0 bridgehead atoms. The van der Waals surface area contributed by atoms with E-state index in [0.29, 0.717) is 41.9 Å². The maximum absolute atomic E-state index is 11.8. The zero-order chi connectivity index (χ0) is 30.2. The van der Waals surface area contributed by atoms with Gasteiger partial charge in [0.1, 0.15) is 24.4 Å². The lowest BCUT2D eigenvalue weighted by atomic mass is 9.44. The van der Waals surface area contributed by atoms with Gasteiger partial charge in [0, 0.05) is 12.3 Å². The van der Waals surface area contributed by atoms with Crippen LogP contribution in [0.4, 0.5) is 0 Å². The van der Waals surface area contributed by atoms with E-state index in [0.717, 1.165) is 31.6 Å². The largest absolute Gasteiger partial charge is 0.394 e. The van der Waals surface area contributed by atoms with Crippen molar-refractivity contribution in [3.63, 3.8) is 0 Å². The van der Waals surface area contributed by atoms with Crippen molar-refractivity contribution in [3.8, 4) is 0 Å². The van der Waals surface area contributed by atoms with Crippen molar-refractivity contribution in [2.24, 2.45) is 52.3 Å². The van der Waals surface area contributed by atoms with Crippen LogP contribution in [0.2, 0.25) is 0 Å². The van der Waals surface area contributed by atoms with Crippen LogP contribution in [-0.4, -0.2) is 92.6 Å². The van der Waals surface area contributed by atoms with Gasteiger partial charge >= 0.3 is 0 Å². The Morgan fingerprint density at radius 3 is 2.38 bits per heavy atom. The second kappa shape index (κ2) is 11.5. The summed E-state index contributed by atoms with van der Waals surface area (Å²) in [6.07, 6.45) is 3.76. The van der Waals surface area contributed by atoms with Crippen LogP contribution in [0.1, 0.15) is 91.9 Å². The van der Waals surface area contributed by atoms with Crippen LogP contribution in [0.3, 0.4) is 0 Å². The summed E-state index contributed by atoms with van der Waals surface area (Å²) >= 11 is 0. The third kappa shape index (κ3) is 5.01. The second-order valence-electron chi connectivity index (χ2n) is 15.9. The van der Waals surface area contributed by atoms with Crippen molar-refractivity contribution in [1.29, 1.82) is 0 Å². The Labute approximate surface area is 250 Å². The van der Waals surface area contributed by atoms with Crippen LogP contribution >= 0.6 is 0 Å². The fourth-order valence-electron chi connectivity index (χ4n) is 11.2. The normalized spacial score (nSPS) is 56.3. The molecule has 242 valence electrons. The van der Waals surface area contributed by atoms with Crippen molar-refractivity contribution in [1.82, 2.24) is 0 Å². The van der Waals surface area contributed by atoms with Gasteiger partial charge in [-0.1, -0.05) is 27.7 Å². The summed E-state index contributed by atoms with van der Waals surface area (Å²) < 4.78 is 17.8. The van der Waals surface area contributed by atoms with Crippen molar-refractivity contribution in [2.75, 3.05) is 13.2 Å². The number of ether oxygens (including phenoxy) is 3. The van der Waals surface area contributed by atoms with E-state index in [9.17, 15) is 30.6 Å². The van der Waals surface area contributed by atoms with E-state index in [2.05, 4.69) is 20.8 Å². The van der Waals surface area contributed by atoms with E-state index in [-0.39, 0.29) is 36.1 Å². The second-order valence-corrected chi connectivity index (χ2v) is 15.9. The minimum atomic E-state index is -1.46. The Morgan fingerprint density at radius 2 is 1.64 bits per heavy atom. The molecule has 0 aromatic heterocycles. The van der Waals surface area contributed by atoms with Crippen LogP contribution in [-0.2, 0) is 14.2 Å². The van der Waals surface area contributed by atoms with Crippen LogP contribution < -0.4 is 0 Å². The lowest BCUT2D eigenvalue weighted by molar-refractivity contribution is -0.303. The van der Waals surface area contributed by atoms with E-state index < -0.39 is 43.1 Å². The third-order valence-corrected chi connectivity index (χ3v) is 13.7. The number of hydrogen-bond donors (Lipinski definition) is 6. The molecule has 4 unspecified atom stereocenters. The topological polar surface area (TPSA) is 149 Å². The van der Waals surface area contributed by atoms with Crippen LogP contribution in [0.5, 0.6) is 0 Å². The highest BCUT2D eigenvalue weighted by Gasteiger charge is 2.68. The van der Waals surface area contributed by atoms with Gasteiger partial charge in [-0.05, 0) is 104 Å². The summed E-state index contributed by atoms with van der Waals surface area (Å²) in [5.74, 6) is 1.96. The molecule has 0 spiro atoms. The highest BCUT2D eigenvalue weighted by Crippen LogP contribution is 2.70. The van der Waals surface area contributed by atoms with Gasteiger partial charge in [0.2, 0.25) is 0 Å². The monoisotopic (exact) mass is 596 g/mol. The molecule has 2 saturated heterocycles. The summed E-state index contributed by atoms with van der Waals surface area (Å²) in [7, 11) is 0. The molecule has 4 saturated carbocycles. The Bertz CT molecular complexity index is 964. The molecular weight excluding hydrogens is 540 g/mol. The van der Waals surface area contributed by atoms with E-state index in [1.54, 1.807) is 0 Å². The zero-order valence-electron chi connectivity index (χ0n) is 26.0. The van der Waals surface area contributed by atoms with Crippen LogP contribution in [0.15, 0.2) is 0 Å². The molecular formula is C33H56O9. The van der Waals surface area contributed by atoms with Gasteiger partial charge in [-0.2, -0.15) is 0 Å². The minimum absolute atomic E-state index is 0.0290. The van der Waals surface area contributed by atoms with Gasteiger partial charge in [0.15, 0.2) is 12.1 Å². The highest BCUT2D eigenvalue weighted by molar-refractivity contribution is 5.15. The summed E-state index contributed by atoms with van der Waals surface area (Å²) in [5, 5.41) is 61.9. The average Bonchev–Trinajstić information content (AvgIpc) is 3.39.